The third-order valence-corrected chi connectivity index (χ3v) is 5.05. The van der Waals surface area contributed by atoms with Gasteiger partial charge < -0.3 is 15.5 Å². The van der Waals surface area contributed by atoms with Crippen molar-refractivity contribution in [2.24, 2.45) is 5.92 Å². The highest BCUT2D eigenvalue weighted by atomic mass is 16.6. The van der Waals surface area contributed by atoms with Gasteiger partial charge in [0.2, 0.25) is 11.6 Å². The zero-order chi connectivity index (χ0) is 22.2. The van der Waals surface area contributed by atoms with Crippen molar-refractivity contribution in [3.05, 3.63) is 33.5 Å². The van der Waals surface area contributed by atoms with Crippen molar-refractivity contribution in [2.45, 2.75) is 72.8 Å². The summed E-state index contributed by atoms with van der Waals surface area (Å²) in [5, 5.41) is 16.5. The van der Waals surface area contributed by atoms with Gasteiger partial charge in [-0.3, -0.25) is 14.9 Å². The maximum atomic E-state index is 11.6. The number of carbonyl (C=O) groups is 1. The Bertz CT molecular complexity index is 538. The molecule has 0 aromatic rings. The van der Waals surface area contributed by atoms with Crippen LogP contribution in [0.5, 0.6) is 0 Å². The molecule has 0 aromatic heterocycles. The number of hydrogen-bond acceptors (Lipinski definition) is 5. The third-order valence-electron chi connectivity index (χ3n) is 5.05. The second-order valence-electron chi connectivity index (χ2n) is 7.65. The number of nitro groups is 1. The van der Waals surface area contributed by atoms with Crippen LogP contribution in [0, 0.1) is 16.0 Å². The van der Waals surface area contributed by atoms with Crippen LogP contribution in [0.4, 0.5) is 0 Å². The van der Waals surface area contributed by atoms with Crippen molar-refractivity contribution in [3.8, 4) is 0 Å². The van der Waals surface area contributed by atoms with Crippen LogP contribution in [-0.4, -0.2) is 55.0 Å². The number of nitrogens with one attached hydrogen (secondary N) is 2. The molecular weight excluding hydrogens is 368 g/mol. The van der Waals surface area contributed by atoms with Gasteiger partial charge in [0, 0.05) is 38.0 Å². The maximum absolute atomic E-state index is 11.6. The number of amides is 1. The van der Waals surface area contributed by atoms with E-state index in [1.807, 2.05) is 27.0 Å². The van der Waals surface area contributed by atoms with Gasteiger partial charge in [0.25, 0.3) is 0 Å². The largest absolute Gasteiger partial charge is 0.352 e. The second kappa shape index (κ2) is 16.1. The molecule has 1 atom stereocenters. The smallest absolute Gasteiger partial charge is 0.246 e. The molecule has 0 radical (unpaired) electrons. The predicted octanol–water partition coefficient (Wildman–Crippen LogP) is 3.75. The monoisotopic (exact) mass is 410 g/mol. The minimum atomic E-state index is -0.340. The van der Waals surface area contributed by atoms with Crippen molar-refractivity contribution in [2.75, 3.05) is 33.2 Å². The Morgan fingerprint density at radius 3 is 2.21 bits per heavy atom. The Morgan fingerprint density at radius 1 is 1.24 bits per heavy atom. The van der Waals surface area contributed by atoms with E-state index in [2.05, 4.69) is 29.4 Å². The lowest BCUT2D eigenvalue weighted by Crippen LogP contribution is -2.57. The highest BCUT2D eigenvalue weighted by Gasteiger charge is 2.34. The summed E-state index contributed by atoms with van der Waals surface area (Å²) in [6.07, 6.45) is 8.28. The normalized spacial score (nSPS) is 23.3. The highest BCUT2D eigenvalue weighted by Crippen LogP contribution is 2.27. The summed E-state index contributed by atoms with van der Waals surface area (Å²) in [6.45, 7) is 14.0. The summed E-state index contributed by atoms with van der Waals surface area (Å²) >= 11 is 0. The van der Waals surface area contributed by atoms with Crippen molar-refractivity contribution in [3.63, 3.8) is 0 Å². The van der Waals surface area contributed by atoms with E-state index in [1.54, 1.807) is 13.0 Å². The van der Waals surface area contributed by atoms with E-state index in [9.17, 15) is 14.9 Å². The first-order valence-electron chi connectivity index (χ1n) is 11.0. The first-order valence-corrected chi connectivity index (χ1v) is 11.0. The van der Waals surface area contributed by atoms with Crippen LogP contribution in [0.15, 0.2) is 23.4 Å². The molecule has 1 amide bonds. The lowest BCUT2D eigenvalue weighted by molar-refractivity contribution is -0.427. The number of piperidine rings is 3. The van der Waals surface area contributed by atoms with E-state index in [-0.39, 0.29) is 16.5 Å². The van der Waals surface area contributed by atoms with Gasteiger partial charge in [-0.2, -0.15) is 0 Å². The third kappa shape index (κ3) is 11.8. The summed E-state index contributed by atoms with van der Waals surface area (Å²) < 4.78 is 0. The summed E-state index contributed by atoms with van der Waals surface area (Å²) in [5.41, 5.74) is 1.19. The molecule has 3 rings (SSSR count). The van der Waals surface area contributed by atoms with Crippen molar-refractivity contribution >= 4 is 5.91 Å². The number of hydrogen-bond donors (Lipinski definition) is 2. The quantitative estimate of drug-likeness (QED) is 0.379. The van der Waals surface area contributed by atoms with Gasteiger partial charge in [0.15, 0.2) is 0 Å². The van der Waals surface area contributed by atoms with E-state index in [0.29, 0.717) is 18.9 Å². The number of carbonyl (C=O) groups excluding carboxylic acids is 1. The molecule has 2 bridgehead atoms. The maximum Gasteiger partial charge on any atom is 0.246 e. The number of rotatable bonds is 7. The van der Waals surface area contributed by atoms with Gasteiger partial charge in [-0.15, -0.1) is 0 Å². The molecule has 3 heterocycles. The molecule has 7 heteroatoms. The number of nitrogens with zero attached hydrogens (tertiary/aromatic N) is 2. The van der Waals surface area contributed by atoms with Gasteiger partial charge in [0.05, 0.1) is 4.92 Å². The summed E-state index contributed by atoms with van der Waals surface area (Å²) in [6, 6.07) is 0.414. The van der Waals surface area contributed by atoms with Crippen LogP contribution in [0.25, 0.3) is 0 Å². The van der Waals surface area contributed by atoms with Crippen molar-refractivity contribution in [1.29, 1.82) is 0 Å². The first-order chi connectivity index (χ1) is 13.8. The first kappa shape index (κ1) is 27.3. The average molecular weight is 411 g/mol. The Morgan fingerprint density at radius 2 is 1.83 bits per heavy atom. The standard InChI is InChI=1S/C11H21N3O.C8H13NO2.C3H8/c1-12-5-2-11(15)13-10-8-14-6-3-9(10)4-7-14;1-4-7(3)6-8(5-2)9(10)11;1-3-2/h9-10,12H,2-8H2,1H3,(H,13,15);4,6H,5H2,1-3H3;3H2,1-2H3/b;7-4-,8-6+;. The van der Waals surface area contributed by atoms with E-state index in [1.165, 1.54) is 32.4 Å². The molecule has 0 spiro atoms. The molecular formula is C22H42N4O3. The molecule has 0 saturated carbocycles. The summed E-state index contributed by atoms with van der Waals surface area (Å²) in [5.74, 6) is 0.927. The number of allylic oxidation sites excluding steroid dienone is 4. The van der Waals surface area contributed by atoms with Crippen LogP contribution in [0.2, 0.25) is 0 Å². The zero-order valence-electron chi connectivity index (χ0n) is 19.3. The summed E-state index contributed by atoms with van der Waals surface area (Å²) in [4.78, 5) is 24.0. The Hall–Kier alpha value is -1.73. The van der Waals surface area contributed by atoms with Gasteiger partial charge in [-0.1, -0.05) is 33.3 Å². The van der Waals surface area contributed by atoms with E-state index >= 15 is 0 Å². The molecule has 3 aliphatic rings. The molecule has 3 fully saturated rings. The van der Waals surface area contributed by atoms with Crippen molar-refractivity contribution in [1.82, 2.24) is 15.5 Å². The van der Waals surface area contributed by atoms with E-state index < -0.39 is 0 Å². The second-order valence-corrected chi connectivity index (χ2v) is 7.65. The zero-order valence-corrected chi connectivity index (χ0v) is 19.3. The van der Waals surface area contributed by atoms with Gasteiger partial charge in [0.1, 0.15) is 0 Å². The van der Waals surface area contributed by atoms with Gasteiger partial charge >= 0.3 is 0 Å². The highest BCUT2D eigenvalue weighted by molar-refractivity contribution is 5.76. The molecule has 29 heavy (non-hydrogen) atoms. The fourth-order valence-corrected chi connectivity index (χ4v) is 3.28. The van der Waals surface area contributed by atoms with Crippen LogP contribution >= 0.6 is 0 Å². The molecule has 0 aromatic carbocycles. The van der Waals surface area contributed by atoms with Crippen LogP contribution in [0.3, 0.4) is 0 Å². The number of fused-ring (bicyclic) bond motifs is 3. The molecule has 2 N–H and O–H groups in total. The predicted molar refractivity (Wildman–Crippen MR) is 120 cm³/mol. The topological polar surface area (TPSA) is 87.5 Å². The molecule has 3 aliphatic heterocycles. The van der Waals surface area contributed by atoms with Gasteiger partial charge in [-0.05, 0) is 58.3 Å². The molecule has 3 saturated heterocycles. The minimum absolute atomic E-state index is 0.197. The fraction of sp³-hybridized carbons (Fsp3) is 0.773. The van der Waals surface area contributed by atoms with Gasteiger partial charge in [-0.25, -0.2) is 0 Å². The molecule has 7 nitrogen and oxygen atoms in total. The molecule has 0 aliphatic carbocycles. The van der Waals surface area contributed by atoms with Crippen LogP contribution in [0.1, 0.15) is 66.7 Å². The van der Waals surface area contributed by atoms with E-state index in [4.69, 9.17) is 0 Å². The molecule has 168 valence electrons. The Balaban J connectivity index is 0.000000497. The lowest BCUT2D eigenvalue weighted by atomic mass is 9.84. The van der Waals surface area contributed by atoms with Crippen molar-refractivity contribution < 1.29 is 9.72 Å². The van der Waals surface area contributed by atoms with E-state index in [0.717, 1.165) is 24.6 Å². The lowest BCUT2D eigenvalue weighted by Gasteiger charge is -2.44. The Kier molecular flexibility index (Phi) is 15.1. The average Bonchev–Trinajstić information content (AvgIpc) is 2.72. The summed E-state index contributed by atoms with van der Waals surface area (Å²) in [7, 11) is 1.88. The molecule has 1 unspecified atom stereocenters. The van der Waals surface area contributed by atoms with Crippen LogP contribution < -0.4 is 10.6 Å². The Labute approximate surface area is 177 Å². The fourth-order valence-electron chi connectivity index (χ4n) is 3.28. The van der Waals surface area contributed by atoms with Crippen LogP contribution in [-0.2, 0) is 4.79 Å². The SMILES string of the molecule is C/C=C(C)\C=C(/CC)[N+](=O)[O-].CCC.CNCCC(=O)NC1CN2CCC1CC2. The minimum Gasteiger partial charge on any atom is -0.352 e.